The van der Waals surface area contributed by atoms with Crippen LogP contribution in [0.4, 0.5) is 14.5 Å². The highest BCUT2D eigenvalue weighted by Gasteiger charge is 2.30. The van der Waals surface area contributed by atoms with Crippen molar-refractivity contribution in [2.75, 3.05) is 11.9 Å². The van der Waals surface area contributed by atoms with Crippen LogP contribution < -0.4 is 15.8 Å². The highest BCUT2D eigenvalue weighted by Crippen LogP contribution is 2.25. The molecule has 1 unspecified atom stereocenters. The number of alkyl halides is 2. The van der Waals surface area contributed by atoms with Gasteiger partial charge >= 0.3 is 0 Å². The minimum atomic E-state index is -2.56. The molecule has 1 amide bonds. The van der Waals surface area contributed by atoms with E-state index in [-0.39, 0.29) is 12.4 Å². The largest absolute Gasteiger partial charge is 0.487 e. The molecule has 0 saturated carbocycles. The molecule has 1 atom stereocenters. The zero-order chi connectivity index (χ0) is 17.7. The summed E-state index contributed by atoms with van der Waals surface area (Å²) in [6, 6.07) is 13.8. The SMILES string of the molecule is Cc1ccc(NC(=O)C(C)(N)c2ccccc2)cc1OCC(F)F.Cl. The molecule has 2 aromatic carbocycles. The van der Waals surface area contributed by atoms with Gasteiger partial charge < -0.3 is 15.8 Å². The standard InChI is InChI=1S/C18H20F2N2O2.ClH/c1-12-8-9-14(10-15(12)24-11-16(19)20)22-17(23)18(2,21)13-6-4-3-5-7-13;/h3-10,16H,11,21H2,1-2H3,(H,22,23);1H. The van der Waals surface area contributed by atoms with E-state index in [4.69, 9.17) is 10.5 Å². The predicted molar refractivity (Wildman–Crippen MR) is 96.5 cm³/mol. The first-order valence-electron chi connectivity index (χ1n) is 7.48. The van der Waals surface area contributed by atoms with Gasteiger partial charge in [-0.05, 0) is 31.0 Å². The van der Waals surface area contributed by atoms with Crippen molar-refractivity contribution in [3.63, 3.8) is 0 Å². The topological polar surface area (TPSA) is 64.4 Å². The van der Waals surface area contributed by atoms with Crippen LogP contribution in [0.15, 0.2) is 48.5 Å². The Kier molecular flexibility index (Phi) is 7.33. The molecule has 0 radical (unpaired) electrons. The molecule has 0 aliphatic rings. The van der Waals surface area contributed by atoms with Crippen LogP contribution >= 0.6 is 12.4 Å². The van der Waals surface area contributed by atoms with E-state index in [0.717, 1.165) is 0 Å². The molecule has 2 rings (SSSR count). The number of hydrogen-bond donors (Lipinski definition) is 2. The molecule has 0 aliphatic heterocycles. The van der Waals surface area contributed by atoms with Crippen LogP contribution in [0, 0.1) is 6.92 Å². The number of halogens is 3. The van der Waals surface area contributed by atoms with E-state index in [1.807, 2.05) is 6.07 Å². The Morgan fingerprint density at radius 1 is 1.24 bits per heavy atom. The molecule has 2 aromatic rings. The zero-order valence-corrected chi connectivity index (χ0v) is 14.8. The molecule has 0 spiro atoms. The number of ether oxygens (including phenoxy) is 1. The van der Waals surface area contributed by atoms with E-state index in [2.05, 4.69) is 5.32 Å². The lowest BCUT2D eigenvalue weighted by molar-refractivity contribution is -0.120. The number of carbonyl (C=O) groups excluding carboxylic acids is 1. The van der Waals surface area contributed by atoms with Gasteiger partial charge in [0.25, 0.3) is 6.43 Å². The number of hydrogen-bond acceptors (Lipinski definition) is 3. The van der Waals surface area contributed by atoms with Gasteiger partial charge in [0.05, 0.1) is 0 Å². The summed E-state index contributed by atoms with van der Waals surface area (Å²) in [7, 11) is 0. The molecular formula is C18H21ClF2N2O2. The van der Waals surface area contributed by atoms with Crippen LogP contribution in [0.2, 0.25) is 0 Å². The molecule has 0 aliphatic carbocycles. The second-order valence-electron chi connectivity index (χ2n) is 5.70. The third-order valence-corrected chi connectivity index (χ3v) is 3.66. The monoisotopic (exact) mass is 370 g/mol. The van der Waals surface area contributed by atoms with Crippen LogP contribution in [0.25, 0.3) is 0 Å². The van der Waals surface area contributed by atoms with Gasteiger partial charge in [0.15, 0.2) is 0 Å². The number of benzene rings is 2. The van der Waals surface area contributed by atoms with Gasteiger partial charge in [-0.15, -0.1) is 12.4 Å². The van der Waals surface area contributed by atoms with Crippen molar-refractivity contribution in [3.8, 4) is 5.75 Å². The summed E-state index contributed by atoms with van der Waals surface area (Å²) in [4.78, 5) is 12.5. The number of nitrogens with two attached hydrogens (primary N) is 1. The van der Waals surface area contributed by atoms with Gasteiger partial charge in [-0.3, -0.25) is 4.79 Å². The third kappa shape index (κ3) is 5.41. The predicted octanol–water partition coefficient (Wildman–Crippen LogP) is 3.87. The smallest absolute Gasteiger partial charge is 0.272 e. The van der Waals surface area contributed by atoms with E-state index in [0.29, 0.717) is 22.6 Å². The van der Waals surface area contributed by atoms with Gasteiger partial charge in [-0.25, -0.2) is 8.78 Å². The number of carbonyl (C=O) groups is 1. The summed E-state index contributed by atoms with van der Waals surface area (Å²) in [5.74, 6) is -0.108. The Morgan fingerprint density at radius 2 is 1.88 bits per heavy atom. The van der Waals surface area contributed by atoms with Gasteiger partial charge in [0.2, 0.25) is 5.91 Å². The quantitative estimate of drug-likeness (QED) is 0.811. The molecule has 25 heavy (non-hydrogen) atoms. The molecule has 0 aromatic heterocycles. The first-order valence-corrected chi connectivity index (χ1v) is 7.48. The maximum atomic E-state index is 12.5. The Hall–Kier alpha value is -2.18. The molecule has 0 saturated heterocycles. The van der Waals surface area contributed by atoms with Gasteiger partial charge in [-0.1, -0.05) is 36.4 Å². The second-order valence-corrected chi connectivity index (χ2v) is 5.70. The van der Waals surface area contributed by atoms with Crippen molar-refractivity contribution < 1.29 is 18.3 Å². The Balaban J connectivity index is 0.00000312. The molecule has 0 fully saturated rings. The zero-order valence-electron chi connectivity index (χ0n) is 14.0. The number of aryl methyl sites for hydroxylation is 1. The fourth-order valence-electron chi connectivity index (χ4n) is 2.16. The minimum absolute atomic E-state index is 0. The van der Waals surface area contributed by atoms with Crippen molar-refractivity contribution in [3.05, 3.63) is 59.7 Å². The lowest BCUT2D eigenvalue weighted by Gasteiger charge is -2.24. The van der Waals surface area contributed by atoms with Crippen LogP contribution in [-0.4, -0.2) is 18.9 Å². The maximum Gasteiger partial charge on any atom is 0.272 e. The van der Waals surface area contributed by atoms with Crippen LogP contribution in [0.1, 0.15) is 18.1 Å². The second kappa shape index (κ2) is 8.78. The normalized spacial score (nSPS) is 12.9. The van der Waals surface area contributed by atoms with E-state index in [9.17, 15) is 13.6 Å². The Morgan fingerprint density at radius 3 is 2.48 bits per heavy atom. The average Bonchev–Trinajstić information content (AvgIpc) is 2.56. The maximum absolute atomic E-state index is 12.5. The molecule has 0 bridgehead atoms. The third-order valence-electron chi connectivity index (χ3n) is 3.66. The lowest BCUT2D eigenvalue weighted by Crippen LogP contribution is -2.45. The Labute approximate surface area is 151 Å². The van der Waals surface area contributed by atoms with Gasteiger partial charge in [0.1, 0.15) is 17.9 Å². The summed E-state index contributed by atoms with van der Waals surface area (Å²) in [5, 5.41) is 2.70. The average molecular weight is 371 g/mol. The molecule has 4 nitrogen and oxygen atoms in total. The van der Waals surface area contributed by atoms with Gasteiger partial charge in [-0.2, -0.15) is 0 Å². The van der Waals surface area contributed by atoms with Crippen molar-refractivity contribution in [2.24, 2.45) is 5.73 Å². The van der Waals surface area contributed by atoms with E-state index in [1.54, 1.807) is 50.2 Å². The summed E-state index contributed by atoms with van der Waals surface area (Å²) < 4.78 is 29.6. The molecule has 0 heterocycles. The molecule has 7 heteroatoms. The summed E-state index contributed by atoms with van der Waals surface area (Å²) in [6.45, 7) is 2.65. The fraction of sp³-hybridized carbons (Fsp3) is 0.278. The van der Waals surface area contributed by atoms with Crippen LogP contribution in [-0.2, 0) is 10.3 Å². The summed E-state index contributed by atoms with van der Waals surface area (Å²) in [6.07, 6.45) is -2.56. The first-order chi connectivity index (χ1) is 11.3. The van der Waals surface area contributed by atoms with E-state index in [1.165, 1.54) is 6.07 Å². The summed E-state index contributed by atoms with van der Waals surface area (Å²) >= 11 is 0. The molecule has 136 valence electrons. The summed E-state index contributed by atoms with van der Waals surface area (Å²) in [5.41, 5.74) is 6.73. The number of anilines is 1. The number of amides is 1. The van der Waals surface area contributed by atoms with Crippen molar-refractivity contribution in [1.29, 1.82) is 0 Å². The number of nitrogens with one attached hydrogen (secondary N) is 1. The highest BCUT2D eigenvalue weighted by molar-refractivity contribution is 5.98. The molecule has 3 N–H and O–H groups in total. The van der Waals surface area contributed by atoms with Crippen LogP contribution in [0.3, 0.4) is 0 Å². The van der Waals surface area contributed by atoms with Crippen molar-refractivity contribution in [2.45, 2.75) is 25.8 Å². The van der Waals surface area contributed by atoms with E-state index >= 15 is 0 Å². The van der Waals surface area contributed by atoms with Gasteiger partial charge in [0, 0.05) is 11.8 Å². The fourth-order valence-corrected chi connectivity index (χ4v) is 2.16. The highest BCUT2D eigenvalue weighted by atomic mass is 35.5. The minimum Gasteiger partial charge on any atom is -0.487 e. The Bertz CT molecular complexity index is 709. The lowest BCUT2D eigenvalue weighted by atomic mass is 9.92. The van der Waals surface area contributed by atoms with Crippen molar-refractivity contribution >= 4 is 24.0 Å². The van der Waals surface area contributed by atoms with Crippen molar-refractivity contribution in [1.82, 2.24) is 0 Å². The van der Waals surface area contributed by atoms with Crippen LogP contribution in [0.5, 0.6) is 5.75 Å². The first kappa shape index (κ1) is 20.9. The number of rotatable bonds is 6. The molecular weight excluding hydrogens is 350 g/mol. The van der Waals surface area contributed by atoms with E-state index < -0.39 is 24.5 Å².